The van der Waals surface area contributed by atoms with Gasteiger partial charge in [0.1, 0.15) is 22.7 Å². The number of hydrogen-bond acceptors (Lipinski definition) is 7. The van der Waals surface area contributed by atoms with Crippen LogP contribution in [0.25, 0.3) is 33.4 Å². The highest BCUT2D eigenvalue weighted by atomic mass is 16.4. The van der Waals surface area contributed by atoms with E-state index in [2.05, 4.69) is 0 Å². The molecule has 1 heterocycles. The normalized spacial score (nSPS) is 11.1. The second-order valence-electron chi connectivity index (χ2n) is 6.14. The molecule has 0 fully saturated rings. The Morgan fingerprint density at radius 3 is 2.29 bits per heavy atom. The molecule has 1 aliphatic carbocycles. The molecule has 0 saturated carbocycles. The average molecular weight is 380 g/mol. The van der Waals surface area contributed by atoms with E-state index in [1.165, 1.54) is 24.3 Å². The Balaban J connectivity index is 2.24. The minimum Gasteiger partial charge on any atom is -0.506 e. The van der Waals surface area contributed by atoms with E-state index in [0.29, 0.717) is 0 Å². The highest BCUT2D eigenvalue weighted by Crippen LogP contribution is 2.46. The summed E-state index contributed by atoms with van der Waals surface area (Å²) in [5.74, 6) is -3.36. The van der Waals surface area contributed by atoms with E-state index in [1.807, 2.05) is 0 Å². The molecule has 4 rings (SSSR count). The van der Waals surface area contributed by atoms with Crippen molar-refractivity contribution in [3.63, 3.8) is 0 Å². The zero-order chi connectivity index (χ0) is 20.2. The second-order valence-corrected chi connectivity index (χ2v) is 6.14. The van der Waals surface area contributed by atoms with E-state index in [4.69, 9.17) is 4.42 Å². The van der Waals surface area contributed by atoms with E-state index in [9.17, 15) is 35.1 Å². The smallest absolute Gasteiger partial charge is 0.339 e. The van der Waals surface area contributed by atoms with Crippen LogP contribution >= 0.6 is 0 Å². The third-order valence-electron chi connectivity index (χ3n) is 4.43. The molecule has 0 bridgehead atoms. The van der Waals surface area contributed by atoms with E-state index in [1.54, 1.807) is 0 Å². The van der Waals surface area contributed by atoms with Crippen molar-refractivity contribution in [2.45, 2.75) is 0 Å². The first-order valence-electron chi connectivity index (χ1n) is 7.99. The number of rotatable bonds is 2. The van der Waals surface area contributed by atoms with Gasteiger partial charge in [0.2, 0.25) is 5.43 Å². The number of carboxylic acid groups (broad SMARTS) is 1. The predicted molar refractivity (Wildman–Crippen MR) is 98.2 cm³/mol. The Bertz CT molecular complexity index is 1300. The largest absolute Gasteiger partial charge is 0.506 e. The van der Waals surface area contributed by atoms with Crippen molar-refractivity contribution < 1.29 is 34.7 Å². The number of phenolic OH excluding ortho intramolecular Hbond substituents is 3. The van der Waals surface area contributed by atoms with Crippen LogP contribution in [-0.4, -0.2) is 31.5 Å². The molecule has 0 amide bonds. The molecule has 0 saturated heterocycles. The summed E-state index contributed by atoms with van der Waals surface area (Å²) in [6.07, 6.45) is 0. The molecular weight excluding hydrogens is 368 g/mol. The van der Waals surface area contributed by atoms with Crippen LogP contribution in [-0.2, 0) is 0 Å². The van der Waals surface area contributed by atoms with Gasteiger partial charge in [0.05, 0.1) is 0 Å². The van der Waals surface area contributed by atoms with Crippen LogP contribution in [0.1, 0.15) is 10.4 Å². The minimum absolute atomic E-state index is 0.0375. The summed E-state index contributed by atoms with van der Waals surface area (Å²) in [5, 5.41) is 49.6. The van der Waals surface area contributed by atoms with Crippen LogP contribution in [0.5, 0.6) is 23.0 Å². The third-order valence-corrected chi connectivity index (χ3v) is 4.43. The summed E-state index contributed by atoms with van der Waals surface area (Å²) < 4.78 is 5.62. The molecule has 0 radical (unpaired) electrons. The Morgan fingerprint density at radius 1 is 0.857 bits per heavy atom. The number of hydrogen-bond donors (Lipinski definition) is 5. The maximum atomic E-state index is 11.8. The fourth-order valence-electron chi connectivity index (χ4n) is 3.14. The first kappa shape index (κ1) is 17.2. The molecule has 2 aromatic rings. The van der Waals surface area contributed by atoms with E-state index in [-0.39, 0.29) is 39.0 Å². The zero-order valence-electron chi connectivity index (χ0n) is 14.0. The molecule has 28 heavy (non-hydrogen) atoms. The molecule has 0 spiro atoms. The SMILES string of the molecule is O=C(O)c1cccc(-c2c3cc(O)c(=O)cc-3oc3cc(O)c(O)cc23)c1O. The molecule has 1 aliphatic heterocycles. The monoisotopic (exact) mass is 380 g/mol. The Hall–Kier alpha value is -4.20. The summed E-state index contributed by atoms with van der Waals surface area (Å²) in [6.45, 7) is 0. The molecule has 2 aliphatic rings. The molecule has 8 nitrogen and oxygen atoms in total. The van der Waals surface area contributed by atoms with Crippen molar-refractivity contribution in [2.24, 2.45) is 0 Å². The number of aromatic carboxylic acids is 1. The van der Waals surface area contributed by atoms with Crippen LogP contribution in [0.3, 0.4) is 0 Å². The number of benzene rings is 3. The molecule has 0 unspecified atom stereocenters. The topological polar surface area (TPSA) is 148 Å². The molecule has 2 aromatic carbocycles. The van der Waals surface area contributed by atoms with Gasteiger partial charge in [0.15, 0.2) is 17.2 Å². The molecule has 8 heteroatoms. The number of aromatic hydroxyl groups is 4. The standard InChI is InChI=1S/C20H12O8/c21-12-4-10-16(6-14(12)23)28-17-7-15(24)13(22)5-11(17)18(10)8-2-1-3-9(19(8)25)20(26)27/h1-7,21-23,25H,(H,26,27). The van der Waals surface area contributed by atoms with Gasteiger partial charge >= 0.3 is 5.97 Å². The molecule has 0 atom stereocenters. The highest BCUT2D eigenvalue weighted by molar-refractivity contribution is 6.06. The molecule has 0 aromatic heterocycles. The van der Waals surface area contributed by atoms with Gasteiger partial charge in [-0.3, -0.25) is 4.79 Å². The van der Waals surface area contributed by atoms with Crippen LogP contribution in [0.4, 0.5) is 0 Å². The van der Waals surface area contributed by atoms with Crippen LogP contribution < -0.4 is 5.43 Å². The summed E-state index contributed by atoms with van der Waals surface area (Å²) >= 11 is 0. The summed E-state index contributed by atoms with van der Waals surface area (Å²) in [6, 6.07) is 8.56. The number of fused-ring (bicyclic) bond motifs is 2. The van der Waals surface area contributed by atoms with Crippen LogP contribution in [0.2, 0.25) is 0 Å². The maximum absolute atomic E-state index is 11.8. The Labute approximate surface area is 156 Å². The average Bonchev–Trinajstić information content (AvgIpc) is 2.63. The van der Waals surface area contributed by atoms with Crippen molar-refractivity contribution in [3.8, 4) is 45.4 Å². The molecule has 5 N–H and O–H groups in total. The van der Waals surface area contributed by atoms with E-state index < -0.39 is 34.4 Å². The van der Waals surface area contributed by atoms with Gasteiger partial charge in [-0.2, -0.15) is 0 Å². The van der Waals surface area contributed by atoms with Gasteiger partial charge in [-0.25, -0.2) is 4.79 Å². The van der Waals surface area contributed by atoms with E-state index in [0.717, 1.165) is 18.2 Å². The summed E-state index contributed by atoms with van der Waals surface area (Å²) in [5.41, 5.74) is -0.493. The lowest BCUT2D eigenvalue weighted by molar-refractivity contribution is 0.0694. The maximum Gasteiger partial charge on any atom is 0.339 e. The number of carbonyl (C=O) groups is 1. The summed E-state index contributed by atoms with van der Waals surface area (Å²) in [4.78, 5) is 23.2. The van der Waals surface area contributed by atoms with Gasteiger partial charge in [-0.15, -0.1) is 0 Å². The first-order chi connectivity index (χ1) is 13.3. The number of para-hydroxylation sites is 1. The van der Waals surface area contributed by atoms with Crippen molar-refractivity contribution in [1.82, 2.24) is 0 Å². The van der Waals surface area contributed by atoms with Crippen molar-refractivity contribution in [3.05, 3.63) is 58.3 Å². The highest BCUT2D eigenvalue weighted by Gasteiger charge is 2.24. The predicted octanol–water partition coefficient (Wildman–Crippen LogP) is 3.09. The Morgan fingerprint density at radius 2 is 1.57 bits per heavy atom. The van der Waals surface area contributed by atoms with Gasteiger partial charge in [-0.05, 0) is 18.2 Å². The third kappa shape index (κ3) is 2.47. The quantitative estimate of drug-likeness (QED) is 0.263. The van der Waals surface area contributed by atoms with Gasteiger partial charge in [0.25, 0.3) is 0 Å². The fourth-order valence-corrected chi connectivity index (χ4v) is 3.14. The number of phenols is 4. The van der Waals surface area contributed by atoms with Gasteiger partial charge in [-0.1, -0.05) is 12.1 Å². The lowest BCUT2D eigenvalue weighted by Crippen LogP contribution is -2.02. The van der Waals surface area contributed by atoms with E-state index >= 15 is 0 Å². The minimum atomic E-state index is -1.35. The molecule has 140 valence electrons. The fraction of sp³-hybridized carbons (Fsp3) is 0. The second kappa shape index (κ2) is 5.92. The van der Waals surface area contributed by atoms with Crippen LogP contribution in [0.15, 0.2) is 51.7 Å². The first-order valence-corrected chi connectivity index (χ1v) is 7.99. The van der Waals surface area contributed by atoms with Crippen molar-refractivity contribution >= 4 is 16.9 Å². The Kier molecular flexibility index (Phi) is 3.64. The van der Waals surface area contributed by atoms with Crippen molar-refractivity contribution in [1.29, 1.82) is 0 Å². The lowest BCUT2D eigenvalue weighted by Gasteiger charge is -2.17. The lowest BCUT2D eigenvalue weighted by atomic mass is 9.91. The van der Waals surface area contributed by atoms with Gasteiger partial charge < -0.3 is 29.9 Å². The zero-order valence-corrected chi connectivity index (χ0v) is 14.0. The summed E-state index contributed by atoms with van der Waals surface area (Å²) in [7, 11) is 0. The van der Waals surface area contributed by atoms with Gasteiger partial charge in [0, 0.05) is 34.2 Å². The molecular formula is C20H12O8. The number of carboxylic acids is 1. The van der Waals surface area contributed by atoms with Crippen molar-refractivity contribution in [2.75, 3.05) is 0 Å². The van der Waals surface area contributed by atoms with Crippen LogP contribution in [0, 0.1) is 0 Å².